The van der Waals surface area contributed by atoms with Gasteiger partial charge in [-0.3, -0.25) is 10.1 Å². The third kappa shape index (κ3) is 2.34. The lowest BCUT2D eigenvalue weighted by molar-refractivity contribution is -0.384. The monoisotopic (exact) mass is 254 g/mol. The van der Waals surface area contributed by atoms with Crippen molar-refractivity contribution in [3.63, 3.8) is 0 Å². The summed E-state index contributed by atoms with van der Waals surface area (Å²) in [6.45, 7) is 1.41. The minimum absolute atomic E-state index is 0.0709. The van der Waals surface area contributed by atoms with Gasteiger partial charge in [0.2, 0.25) is 5.82 Å². The predicted octanol–water partition coefficient (Wildman–Crippen LogP) is -0.231. The molecule has 1 aromatic heterocycles. The molecule has 1 saturated heterocycles. The van der Waals surface area contributed by atoms with Crippen molar-refractivity contribution >= 4 is 17.3 Å². The van der Waals surface area contributed by atoms with Crippen molar-refractivity contribution in [3.05, 3.63) is 22.2 Å². The van der Waals surface area contributed by atoms with E-state index in [1.807, 2.05) is 4.90 Å². The number of hydrogen-bond donors (Lipinski definition) is 2. The summed E-state index contributed by atoms with van der Waals surface area (Å²) in [6, 6.07) is 2.65. The van der Waals surface area contributed by atoms with E-state index in [1.54, 1.807) is 0 Å². The molecule has 2 rings (SSSR count). The van der Waals surface area contributed by atoms with Crippen LogP contribution in [0.1, 0.15) is 0 Å². The number of aromatic nitrogens is 1. The molecule has 3 N–H and O–H groups in total. The Kier molecular flexibility index (Phi) is 3.58. The molecule has 98 valence electrons. The summed E-state index contributed by atoms with van der Waals surface area (Å²) < 4.78 is 5.25. The minimum Gasteiger partial charge on any atom is -0.394 e. The standard InChI is InChI=1S/C10H14N4O4/c11-10-8(14(16)17)1-2-9(12-10)13-3-4-18-6-7(13)5-15/h1-2,7,15H,3-6H2,(H2,11,12). The molecule has 1 unspecified atom stereocenters. The number of hydrogen-bond acceptors (Lipinski definition) is 7. The lowest BCUT2D eigenvalue weighted by Crippen LogP contribution is -2.48. The van der Waals surface area contributed by atoms with Crippen molar-refractivity contribution in [2.75, 3.05) is 37.0 Å². The quantitative estimate of drug-likeness (QED) is 0.565. The van der Waals surface area contributed by atoms with Crippen molar-refractivity contribution in [1.29, 1.82) is 0 Å². The molecule has 1 aromatic rings. The van der Waals surface area contributed by atoms with E-state index in [2.05, 4.69) is 4.98 Å². The Balaban J connectivity index is 2.27. The fraction of sp³-hybridized carbons (Fsp3) is 0.500. The van der Waals surface area contributed by atoms with E-state index < -0.39 is 4.92 Å². The summed E-state index contributed by atoms with van der Waals surface area (Å²) in [5.74, 6) is 0.390. The summed E-state index contributed by atoms with van der Waals surface area (Å²) in [5.41, 5.74) is 5.33. The summed E-state index contributed by atoms with van der Waals surface area (Å²) in [7, 11) is 0. The number of rotatable bonds is 3. The van der Waals surface area contributed by atoms with Crippen LogP contribution in [0.2, 0.25) is 0 Å². The van der Waals surface area contributed by atoms with Gasteiger partial charge in [-0.25, -0.2) is 4.98 Å². The van der Waals surface area contributed by atoms with E-state index in [4.69, 9.17) is 10.5 Å². The van der Waals surface area contributed by atoms with Crippen LogP contribution in [-0.4, -0.2) is 47.4 Å². The Morgan fingerprint density at radius 2 is 2.44 bits per heavy atom. The number of anilines is 2. The molecule has 0 saturated carbocycles. The van der Waals surface area contributed by atoms with Crippen molar-refractivity contribution in [2.45, 2.75) is 6.04 Å². The zero-order valence-electron chi connectivity index (χ0n) is 9.65. The van der Waals surface area contributed by atoms with Crippen molar-refractivity contribution in [2.24, 2.45) is 0 Å². The van der Waals surface area contributed by atoms with Gasteiger partial charge in [0.25, 0.3) is 0 Å². The fourth-order valence-electron chi connectivity index (χ4n) is 1.88. The van der Waals surface area contributed by atoms with Gasteiger partial charge < -0.3 is 20.5 Å². The zero-order chi connectivity index (χ0) is 13.1. The van der Waals surface area contributed by atoms with Gasteiger partial charge in [0.15, 0.2) is 0 Å². The molecule has 1 aliphatic rings. The normalized spacial score (nSPS) is 19.8. The van der Waals surface area contributed by atoms with E-state index in [-0.39, 0.29) is 24.2 Å². The molecule has 2 heterocycles. The number of pyridine rings is 1. The average Bonchev–Trinajstić information content (AvgIpc) is 2.38. The largest absolute Gasteiger partial charge is 0.394 e. The van der Waals surface area contributed by atoms with Crippen LogP contribution in [0, 0.1) is 10.1 Å². The highest BCUT2D eigenvalue weighted by Gasteiger charge is 2.25. The maximum absolute atomic E-state index is 10.6. The molecule has 18 heavy (non-hydrogen) atoms. The number of nitrogens with zero attached hydrogens (tertiary/aromatic N) is 3. The van der Waals surface area contributed by atoms with Gasteiger partial charge in [-0.15, -0.1) is 0 Å². The first-order valence-electron chi connectivity index (χ1n) is 5.49. The molecule has 0 amide bonds. The van der Waals surface area contributed by atoms with Gasteiger partial charge in [0, 0.05) is 12.6 Å². The molecule has 8 heteroatoms. The van der Waals surface area contributed by atoms with E-state index in [0.717, 1.165) is 0 Å². The highest BCUT2D eigenvalue weighted by atomic mass is 16.6. The summed E-state index contributed by atoms with van der Waals surface area (Å²) in [4.78, 5) is 15.9. The van der Waals surface area contributed by atoms with Crippen molar-refractivity contribution in [3.8, 4) is 0 Å². The minimum atomic E-state index is -0.574. The topological polar surface area (TPSA) is 115 Å². The number of nitro groups is 1. The molecule has 1 fully saturated rings. The maximum atomic E-state index is 10.6. The predicted molar refractivity (Wildman–Crippen MR) is 64.3 cm³/mol. The Bertz CT molecular complexity index is 454. The smallest absolute Gasteiger partial charge is 0.311 e. The Hall–Kier alpha value is -1.93. The molecule has 0 spiro atoms. The molecule has 0 aromatic carbocycles. The fourth-order valence-corrected chi connectivity index (χ4v) is 1.88. The van der Waals surface area contributed by atoms with Gasteiger partial charge in [-0.05, 0) is 6.07 Å². The van der Waals surface area contributed by atoms with Crippen LogP contribution in [0.5, 0.6) is 0 Å². The third-order valence-corrected chi connectivity index (χ3v) is 2.82. The van der Waals surface area contributed by atoms with Crippen LogP contribution >= 0.6 is 0 Å². The maximum Gasteiger partial charge on any atom is 0.311 e. The number of morpholine rings is 1. The second-order valence-corrected chi connectivity index (χ2v) is 3.94. The van der Waals surface area contributed by atoms with Crippen molar-refractivity contribution < 1.29 is 14.8 Å². The first-order chi connectivity index (χ1) is 8.63. The number of aliphatic hydroxyl groups is 1. The molecule has 0 radical (unpaired) electrons. The van der Waals surface area contributed by atoms with Crippen LogP contribution in [0.15, 0.2) is 12.1 Å². The molecular weight excluding hydrogens is 240 g/mol. The van der Waals surface area contributed by atoms with Gasteiger partial charge in [0.1, 0.15) is 5.82 Å². The number of nitrogen functional groups attached to an aromatic ring is 1. The Morgan fingerprint density at radius 3 is 3.06 bits per heavy atom. The van der Waals surface area contributed by atoms with Gasteiger partial charge in [0.05, 0.1) is 30.8 Å². The van der Waals surface area contributed by atoms with Crippen LogP contribution in [-0.2, 0) is 4.74 Å². The molecular formula is C10H14N4O4. The highest BCUT2D eigenvalue weighted by molar-refractivity contribution is 5.58. The summed E-state index contributed by atoms with van der Waals surface area (Å²) in [6.07, 6.45) is 0. The second kappa shape index (κ2) is 5.15. The van der Waals surface area contributed by atoms with E-state index in [0.29, 0.717) is 25.6 Å². The number of ether oxygens (including phenoxy) is 1. The van der Waals surface area contributed by atoms with E-state index in [9.17, 15) is 15.2 Å². The summed E-state index contributed by atoms with van der Waals surface area (Å²) in [5, 5.41) is 19.9. The SMILES string of the molecule is Nc1nc(N2CCOCC2CO)ccc1[N+](=O)[O-]. The molecule has 0 bridgehead atoms. The number of aliphatic hydroxyl groups excluding tert-OH is 1. The van der Waals surface area contributed by atoms with Crippen LogP contribution in [0.4, 0.5) is 17.3 Å². The first-order valence-corrected chi connectivity index (χ1v) is 5.49. The lowest BCUT2D eigenvalue weighted by Gasteiger charge is -2.35. The van der Waals surface area contributed by atoms with Crippen molar-refractivity contribution in [1.82, 2.24) is 4.98 Å². The molecule has 8 nitrogen and oxygen atoms in total. The molecule has 1 atom stereocenters. The van der Waals surface area contributed by atoms with E-state index in [1.165, 1.54) is 12.1 Å². The summed E-state index contributed by atoms with van der Waals surface area (Å²) >= 11 is 0. The second-order valence-electron chi connectivity index (χ2n) is 3.94. The number of nitrogens with two attached hydrogens (primary N) is 1. The van der Waals surface area contributed by atoms with Crippen LogP contribution < -0.4 is 10.6 Å². The lowest BCUT2D eigenvalue weighted by atomic mass is 10.2. The van der Waals surface area contributed by atoms with Crippen LogP contribution in [0.3, 0.4) is 0 Å². The zero-order valence-corrected chi connectivity index (χ0v) is 9.65. The Labute approximate surface area is 103 Å². The van der Waals surface area contributed by atoms with Gasteiger partial charge in [-0.2, -0.15) is 0 Å². The average molecular weight is 254 g/mol. The highest BCUT2D eigenvalue weighted by Crippen LogP contribution is 2.24. The molecule has 0 aliphatic carbocycles. The third-order valence-electron chi connectivity index (χ3n) is 2.82. The van der Waals surface area contributed by atoms with Gasteiger partial charge >= 0.3 is 5.69 Å². The van der Waals surface area contributed by atoms with Crippen LogP contribution in [0.25, 0.3) is 0 Å². The Morgan fingerprint density at radius 1 is 1.67 bits per heavy atom. The first kappa shape index (κ1) is 12.5. The van der Waals surface area contributed by atoms with Gasteiger partial charge in [-0.1, -0.05) is 0 Å². The van der Waals surface area contributed by atoms with E-state index >= 15 is 0 Å². The molecule has 1 aliphatic heterocycles.